The van der Waals surface area contributed by atoms with E-state index >= 15 is 0 Å². The molecular weight excluding hydrogens is 228 g/mol. The minimum Gasteiger partial charge on any atom is -0.439 e. The highest BCUT2D eigenvalue weighted by molar-refractivity contribution is 5.30. The number of aryl methyl sites for hydroxylation is 1. The molecule has 2 rings (SSSR count). The molecule has 1 heterocycles. The second-order valence-electron chi connectivity index (χ2n) is 4.54. The first-order valence-electron chi connectivity index (χ1n) is 5.90. The van der Waals surface area contributed by atoms with Gasteiger partial charge in [0.2, 0.25) is 5.88 Å². The van der Waals surface area contributed by atoms with E-state index in [9.17, 15) is 4.79 Å². The monoisotopic (exact) mass is 244 g/mol. The second-order valence-corrected chi connectivity index (χ2v) is 4.54. The van der Waals surface area contributed by atoms with Crippen LogP contribution < -0.4 is 10.3 Å². The fraction of sp³-hybridized carbons (Fsp3) is 0.286. The van der Waals surface area contributed by atoms with Crippen LogP contribution in [0.4, 0.5) is 0 Å². The van der Waals surface area contributed by atoms with Crippen molar-refractivity contribution in [2.45, 2.75) is 26.7 Å². The van der Waals surface area contributed by atoms with Crippen molar-refractivity contribution in [2.24, 2.45) is 0 Å². The Kier molecular flexibility index (Phi) is 3.46. The molecule has 1 aromatic heterocycles. The highest BCUT2D eigenvalue weighted by Crippen LogP contribution is 2.20. The lowest BCUT2D eigenvalue weighted by atomic mass is 10.2. The van der Waals surface area contributed by atoms with Gasteiger partial charge < -0.3 is 9.72 Å². The Morgan fingerprint density at radius 1 is 1.28 bits per heavy atom. The highest BCUT2D eigenvalue weighted by atomic mass is 16.5. The van der Waals surface area contributed by atoms with Gasteiger partial charge in [-0.15, -0.1) is 0 Å². The second kappa shape index (κ2) is 5.04. The Morgan fingerprint density at radius 3 is 2.72 bits per heavy atom. The third-order valence-electron chi connectivity index (χ3n) is 2.50. The molecule has 0 radical (unpaired) electrons. The van der Waals surface area contributed by atoms with Gasteiger partial charge in [0.15, 0.2) is 0 Å². The molecule has 1 N–H and O–H groups in total. The fourth-order valence-electron chi connectivity index (χ4n) is 1.58. The van der Waals surface area contributed by atoms with E-state index in [1.54, 1.807) is 0 Å². The molecule has 0 aliphatic carbocycles. The van der Waals surface area contributed by atoms with Crippen LogP contribution in [0.3, 0.4) is 0 Å². The third-order valence-corrected chi connectivity index (χ3v) is 2.50. The maximum Gasteiger partial charge on any atom is 0.254 e. The van der Waals surface area contributed by atoms with E-state index < -0.39 is 0 Å². The van der Waals surface area contributed by atoms with E-state index in [0.717, 1.165) is 5.56 Å². The lowest BCUT2D eigenvalue weighted by molar-refractivity contribution is 0.455. The molecule has 0 saturated carbocycles. The predicted octanol–water partition coefficient (Wildman–Crippen LogP) is 2.99. The molecule has 4 heteroatoms. The van der Waals surface area contributed by atoms with E-state index in [4.69, 9.17) is 4.74 Å². The number of H-pyrrole nitrogens is 1. The van der Waals surface area contributed by atoms with Gasteiger partial charge in [-0.25, -0.2) is 0 Å². The molecule has 0 bridgehead atoms. The third kappa shape index (κ3) is 2.97. The minimum atomic E-state index is -0.198. The molecule has 0 aliphatic rings. The van der Waals surface area contributed by atoms with Gasteiger partial charge in [-0.3, -0.25) is 4.79 Å². The zero-order valence-electron chi connectivity index (χ0n) is 10.7. The molecule has 0 aliphatic heterocycles. The maximum absolute atomic E-state index is 11.5. The van der Waals surface area contributed by atoms with Gasteiger partial charge in [-0.1, -0.05) is 26.0 Å². The summed E-state index contributed by atoms with van der Waals surface area (Å²) in [7, 11) is 0. The van der Waals surface area contributed by atoms with Crippen molar-refractivity contribution in [3.05, 3.63) is 52.1 Å². The maximum atomic E-state index is 11.5. The quantitative estimate of drug-likeness (QED) is 0.903. The summed E-state index contributed by atoms with van der Waals surface area (Å²) in [4.78, 5) is 18.5. The molecule has 18 heavy (non-hydrogen) atoms. The number of hydrogen-bond acceptors (Lipinski definition) is 3. The van der Waals surface area contributed by atoms with Gasteiger partial charge in [0.1, 0.15) is 11.6 Å². The number of nitrogens with one attached hydrogen (secondary N) is 1. The van der Waals surface area contributed by atoms with E-state index in [2.05, 4.69) is 9.97 Å². The standard InChI is InChI=1S/C14H16N2O2/c1-9(2)14-15-12(17)8-13(16-14)18-11-6-4-5-10(3)7-11/h4-9H,1-3H3,(H,15,16,17). The largest absolute Gasteiger partial charge is 0.439 e. The first kappa shape index (κ1) is 12.4. The Hall–Kier alpha value is -2.10. The molecule has 4 nitrogen and oxygen atoms in total. The first-order valence-corrected chi connectivity index (χ1v) is 5.90. The average Bonchev–Trinajstić information content (AvgIpc) is 2.28. The number of ether oxygens (including phenoxy) is 1. The van der Waals surface area contributed by atoms with Gasteiger partial charge >= 0.3 is 0 Å². The summed E-state index contributed by atoms with van der Waals surface area (Å²) >= 11 is 0. The summed E-state index contributed by atoms with van der Waals surface area (Å²) in [5, 5.41) is 0. The van der Waals surface area contributed by atoms with Crippen LogP contribution >= 0.6 is 0 Å². The van der Waals surface area contributed by atoms with Crippen molar-refractivity contribution < 1.29 is 4.74 Å². The number of nitrogens with zero attached hydrogens (tertiary/aromatic N) is 1. The SMILES string of the molecule is Cc1cccc(Oc2cc(=O)[nH]c(C(C)C)n2)c1. The number of rotatable bonds is 3. The molecule has 94 valence electrons. The molecule has 0 spiro atoms. The Morgan fingerprint density at radius 2 is 2.06 bits per heavy atom. The number of aromatic amines is 1. The van der Waals surface area contributed by atoms with Gasteiger partial charge in [-0.2, -0.15) is 4.98 Å². The van der Waals surface area contributed by atoms with Crippen LogP contribution in [0.15, 0.2) is 35.1 Å². The highest BCUT2D eigenvalue weighted by Gasteiger charge is 2.06. The van der Waals surface area contributed by atoms with Crippen LogP contribution in [0.25, 0.3) is 0 Å². The van der Waals surface area contributed by atoms with Gasteiger partial charge in [0, 0.05) is 5.92 Å². The average molecular weight is 244 g/mol. The molecule has 0 amide bonds. The molecule has 0 atom stereocenters. The summed E-state index contributed by atoms with van der Waals surface area (Å²) in [5.74, 6) is 1.79. The normalized spacial score (nSPS) is 10.7. The number of benzene rings is 1. The van der Waals surface area contributed by atoms with Gasteiger partial charge in [0.05, 0.1) is 6.07 Å². The van der Waals surface area contributed by atoms with Crippen molar-refractivity contribution >= 4 is 0 Å². The van der Waals surface area contributed by atoms with Crippen molar-refractivity contribution in [3.8, 4) is 11.6 Å². The lowest BCUT2D eigenvalue weighted by Gasteiger charge is -2.08. The van der Waals surface area contributed by atoms with Gasteiger partial charge in [0.25, 0.3) is 5.56 Å². The summed E-state index contributed by atoms with van der Waals surface area (Å²) in [5.41, 5.74) is 0.901. The van der Waals surface area contributed by atoms with E-state index in [-0.39, 0.29) is 11.5 Å². The zero-order valence-corrected chi connectivity index (χ0v) is 10.7. The van der Waals surface area contributed by atoms with E-state index in [0.29, 0.717) is 17.5 Å². The van der Waals surface area contributed by atoms with Crippen LogP contribution in [0, 0.1) is 6.92 Å². The van der Waals surface area contributed by atoms with Crippen LogP contribution in [-0.2, 0) is 0 Å². The van der Waals surface area contributed by atoms with E-state index in [1.807, 2.05) is 45.0 Å². The Bertz CT molecular complexity index is 603. The fourth-order valence-corrected chi connectivity index (χ4v) is 1.58. The smallest absolute Gasteiger partial charge is 0.254 e. The van der Waals surface area contributed by atoms with E-state index in [1.165, 1.54) is 6.07 Å². The Labute approximate surface area is 106 Å². The first-order chi connectivity index (χ1) is 8.54. The van der Waals surface area contributed by atoms with Crippen LogP contribution in [-0.4, -0.2) is 9.97 Å². The topological polar surface area (TPSA) is 55.0 Å². The van der Waals surface area contributed by atoms with Gasteiger partial charge in [-0.05, 0) is 24.6 Å². The number of hydrogen-bond donors (Lipinski definition) is 1. The van der Waals surface area contributed by atoms with Crippen LogP contribution in [0.5, 0.6) is 11.6 Å². The molecule has 1 aromatic carbocycles. The zero-order chi connectivity index (χ0) is 13.1. The predicted molar refractivity (Wildman–Crippen MR) is 70.2 cm³/mol. The summed E-state index contributed by atoms with van der Waals surface area (Å²) in [6.45, 7) is 5.92. The van der Waals surface area contributed by atoms with Crippen molar-refractivity contribution in [1.29, 1.82) is 0 Å². The summed E-state index contributed by atoms with van der Waals surface area (Å²) < 4.78 is 5.60. The molecule has 0 unspecified atom stereocenters. The lowest BCUT2D eigenvalue weighted by Crippen LogP contribution is -2.11. The number of aromatic nitrogens is 2. The Balaban J connectivity index is 2.32. The summed E-state index contributed by atoms with van der Waals surface area (Å²) in [6, 6.07) is 8.98. The molecule has 0 saturated heterocycles. The van der Waals surface area contributed by atoms with Crippen LogP contribution in [0.1, 0.15) is 31.2 Å². The van der Waals surface area contributed by atoms with Crippen LogP contribution in [0.2, 0.25) is 0 Å². The molecule has 0 fully saturated rings. The summed E-state index contributed by atoms with van der Waals surface area (Å²) in [6.07, 6.45) is 0. The van der Waals surface area contributed by atoms with Crippen molar-refractivity contribution in [2.75, 3.05) is 0 Å². The minimum absolute atomic E-state index is 0.152. The van der Waals surface area contributed by atoms with Crippen molar-refractivity contribution in [3.63, 3.8) is 0 Å². The molecular formula is C14H16N2O2. The molecule has 2 aromatic rings. The van der Waals surface area contributed by atoms with Crippen molar-refractivity contribution in [1.82, 2.24) is 9.97 Å².